The normalized spacial score (nSPS) is 9.89. The van der Waals surface area contributed by atoms with Crippen LogP contribution in [-0.2, 0) is 9.63 Å². The molecule has 0 aliphatic carbocycles. The molecule has 4 N–H and O–H groups in total. The zero-order valence-corrected chi connectivity index (χ0v) is 11.9. The van der Waals surface area contributed by atoms with Crippen LogP contribution in [0.5, 0.6) is 5.75 Å². The highest BCUT2D eigenvalue weighted by atomic mass is 79.9. The highest BCUT2D eigenvalue weighted by molar-refractivity contribution is 9.11. The van der Waals surface area contributed by atoms with Crippen LogP contribution in [0.2, 0.25) is 0 Å². The van der Waals surface area contributed by atoms with Crippen molar-refractivity contribution in [1.29, 1.82) is 0 Å². The molecule has 0 aliphatic rings. The van der Waals surface area contributed by atoms with Gasteiger partial charge in [-0.05, 0) is 28.1 Å². The Balaban J connectivity index is 2.62. The third-order valence-corrected chi connectivity index (χ3v) is 2.73. The molecule has 9 heteroatoms. The molecule has 0 saturated heterocycles. The molecule has 1 aromatic carbocycles. The summed E-state index contributed by atoms with van der Waals surface area (Å²) < 4.78 is 1.05. The predicted octanol–water partition coefficient (Wildman–Crippen LogP) is 2.05. The minimum Gasteiger partial charge on any atom is -0.505 e. The van der Waals surface area contributed by atoms with E-state index in [2.05, 4.69) is 42.0 Å². The molecule has 0 spiro atoms. The fraction of sp³-hybridized carbons (Fsp3) is 0.111. The topological polar surface area (TPSA) is 108 Å². The number of aromatic hydroxyl groups is 1. The molecule has 18 heavy (non-hydrogen) atoms. The molecular weight excluding hydrogens is 376 g/mol. The van der Waals surface area contributed by atoms with Gasteiger partial charge in [-0.2, -0.15) is 5.48 Å². The van der Waals surface area contributed by atoms with E-state index in [-0.39, 0.29) is 11.4 Å². The summed E-state index contributed by atoms with van der Waals surface area (Å²) in [6, 6.07) is 3.09. The number of halogens is 2. The SMILES string of the molecule is O=C(O)NOCC(=O)Nc1cc(Br)cc(Br)c1O. The van der Waals surface area contributed by atoms with Crippen LogP contribution in [0.4, 0.5) is 10.5 Å². The second-order valence-electron chi connectivity index (χ2n) is 3.03. The van der Waals surface area contributed by atoms with E-state index in [0.717, 1.165) is 0 Å². The van der Waals surface area contributed by atoms with Gasteiger partial charge in [0.2, 0.25) is 0 Å². The Morgan fingerprint density at radius 3 is 2.61 bits per heavy atom. The van der Waals surface area contributed by atoms with E-state index in [0.29, 0.717) is 8.95 Å². The summed E-state index contributed by atoms with van der Waals surface area (Å²) in [4.78, 5) is 25.8. The highest BCUT2D eigenvalue weighted by Gasteiger charge is 2.11. The van der Waals surface area contributed by atoms with Crippen LogP contribution in [0.25, 0.3) is 0 Å². The molecule has 0 radical (unpaired) electrons. The molecule has 0 unspecified atom stereocenters. The van der Waals surface area contributed by atoms with Gasteiger partial charge in [0, 0.05) is 4.47 Å². The van der Waals surface area contributed by atoms with E-state index in [1.54, 1.807) is 11.5 Å². The lowest BCUT2D eigenvalue weighted by atomic mass is 10.3. The summed E-state index contributed by atoms with van der Waals surface area (Å²) in [6.45, 7) is -0.518. The van der Waals surface area contributed by atoms with E-state index in [1.165, 1.54) is 6.07 Å². The Labute approximate surface area is 118 Å². The maximum absolute atomic E-state index is 11.4. The number of phenolic OH excluding ortho intramolecular Hbond substituents is 1. The Bertz CT molecular complexity index is 480. The standard InChI is InChI=1S/C9H8Br2N2O5/c10-4-1-5(11)8(15)6(2-4)12-7(14)3-18-13-9(16)17/h1-2,13,15H,3H2,(H,12,14)(H,16,17). The number of hydroxylamine groups is 1. The summed E-state index contributed by atoms with van der Waals surface area (Å²) >= 11 is 6.30. The smallest absolute Gasteiger partial charge is 0.428 e. The zero-order valence-electron chi connectivity index (χ0n) is 8.74. The van der Waals surface area contributed by atoms with Gasteiger partial charge in [0.15, 0.2) is 12.4 Å². The predicted molar refractivity (Wildman–Crippen MR) is 69.2 cm³/mol. The minimum atomic E-state index is -1.41. The number of carbonyl (C=O) groups excluding carboxylic acids is 1. The molecule has 1 aromatic rings. The summed E-state index contributed by atoms with van der Waals surface area (Å²) in [6.07, 6.45) is -1.41. The maximum atomic E-state index is 11.4. The van der Waals surface area contributed by atoms with Crippen molar-refractivity contribution >= 4 is 49.5 Å². The average molecular weight is 384 g/mol. The summed E-state index contributed by atoms with van der Waals surface area (Å²) in [5, 5.41) is 20.2. The molecule has 2 amide bonds. The lowest BCUT2D eigenvalue weighted by Crippen LogP contribution is -2.27. The largest absolute Gasteiger partial charge is 0.505 e. The lowest BCUT2D eigenvalue weighted by molar-refractivity contribution is -0.122. The van der Waals surface area contributed by atoms with Crippen LogP contribution in [0.1, 0.15) is 0 Å². The fourth-order valence-corrected chi connectivity index (χ4v) is 2.24. The van der Waals surface area contributed by atoms with E-state index in [4.69, 9.17) is 5.11 Å². The number of rotatable bonds is 4. The molecule has 0 heterocycles. The van der Waals surface area contributed by atoms with Crippen molar-refractivity contribution in [3.8, 4) is 5.75 Å². The van der Waals surface area contributed by atoms with E-state index >= 15 is 0 Å². The van der Waals surface area contributed by atoms with Crippen LogP contribution in [-0.4, -0.2) is 28.8 Å². The van der Waals surface area contributed by atoms with Crippen LogP contribution in [0.15, 0.2) is 21.1 Å². The van der Waals surface area contributed by atoms with E-state index in [1.807, 2.05) is 0 Å². The number of anilines is 1. The monoisotopic (exact) mass is 382 g/mol. The second-order valence-corrected chi connectivity index (χ2v) is 4.80. The molecule has 1 rings (SSSR count). The second kappa shape index (κ2) is 6.57. The lowest BCUT2D eigenvalue weighted by Gasteiger charge is -2.09. The van der Waals surface area contributed by atoms with Crippen molar-refractivity contribution in [3.05, 3.63) is 21.1 Å². The third-order valence-electron chi connectivity index (χ3n) is 1.67. The number of nitrogens with one attached hydrogen (secondary N) is 2. The molecule has 0 saturated carbocycles. The number of amides is 2. The molecule has 0 atom stereocenters. The minimum absolute atomic E-state index is 0.141. The Morgan fingerprint density at radius 1 is 1.33 bits per heavy atom. The van der Waals surface area contributed by atoms with E-state index < -0.39 is 18.6 Å². The van der Waals surface area contributed by atoms with Crippen LogP contribution in [0, 0.1) is 0 Å². The molecular formula is C9H8Br2N2O5. The van der Waals surface area contributed by atoms with Crippen molar-refractivity contribution in [2.45, 2.75) is 0 Å². The van der Waals surface area contributed by atoms with Gasteiger partial charge in [-0.25, -0.2) is 4.79 Å². The van der Waals surface area contributed by atoms with Crippen LogP contribution >= 0.6 is 31.9 Å². The van der Waals surface area contributed by atoms with Gasteiger partial charge in [0.1, 0.15) is 0 Å². The highest BCUT2D eigenvalue weighted by Crippen LogP contribution is 2.35. The van der Waals surface area contributed by atoms with Gasteiger partial charge in [0.25, 0.3) is 5.91 Å². The quantitative estimate of drug-likeness (QED) is 0.470. The molecule has 0 bridgehead atoms. The summed E-state index contributed by atoms with van der Waals surface area (Å²) in [5.74, 6) is -0.762. The number of hydrogen-bond donors (Lipinski definition) is 4. The van der Waals surface area contributed by atoms with Crippen LogP contribution in [0.3, 0.4) is 0 Å². The van der Waals surface area contributed by atoms with Gasteiger partial charge in [-0.1, -0.05) is 15.9 Å². The Morgan fingerprint density at radius 2 is 2.00 bits per heavy atom. The molecule has 7 nitrogen and oxygen atoms in total. The van der Waals surface area contributed by atoms with Gasteiger partial charge < -0.3 is 15.5 Å². The first-order valence-corrected chi connectivity index (χ1v) is 6.07. The molecule has 0 aliphatic heterocycles. The van der Waals surface area contributed by atoms with Crippen molar-refractivity contribution in [2.24, 2.45) is 0 Å². The van der Waals surface area contributed by atoms with Crippen LogP contribution < -0.4 is 10.8 Å². The fourth-order valence-electron chi connectivity index (χ4n) is 1.01. The van der Waals surface area contributed by atoms with Gasteiger partial charge in [0.05, 0.1) is 10.2 Å². The molecule has 98 valence electrons. The van der Waals surface area contributed by atoms with E-state index in [9.17, 15) is 14.7 Å². The maximum Gasteiger partial charge on any atom is 0.428 e. The van der Waals surface area contributed by atoms with Gasteiger partial charge in [-0.3, -0.25) is 9.63 Å². The summed E-state index contributed by atoms with van der Waals surface area (Å²) in [7, 11) is 0. The number of hydrogen-bond acceptors (Lipinski definition) is 4. The zero-order chi connectivity index (χ0) is 13.7. The first kappa shape index (κ1) is 14.7. The number of carbonyl (C=O) groups is 2. The average Bonchev–Trinajstić information content (AvgIpc) is 2.24. The molecule has 0 aromatic heterocycles. The van der Waals surface area contributed by atoms with Crippen molar-refractivity contribution < 1.29 is 24.6 Å². The van der Waals surface area contributed by atoms with Crippen molar-refractivity contribution in [1.82, 2.24) is 5.48 Å². The Hall–Kier alpha value is -1.32. The molecule has 0 fully saturated rings. The van der Waals surface area contributed by atoms with Gasteiger partial charge >= 0.3 is 6.09 Å². The van der Waals surface area contributed by atoms with Gasteiger partial charge in [-0.15, -0.1) is 0 Å². The third kappa shape index (κ3) is 4.51. The number of carboxylic acid groups (broad SMARTS) is 1. The first-order chi connectivity index (χ1) is 8.40. The Kier molecular flexibility index (Phi) is 5.38. The summed E-state index contributed by atoms with van der Waals surface area (Å²) in [5.41, 5.74) is 1.74. The first-order valence-electron chi connectivity index (χ1n) is 4.48. The number of benzene rings is 1. The number of phenols is 1. The van der Waals surface area contributed by atoms with Crippen molar-refractivity contribution in [3.63, 3.8) is 0 Å². The van der Waals surface area contributed by atoms with Crippen molar-refractivity contribution in [2.75, 3.05) is 11.9 Å².